The molecule has 0 heterocycles. The summed E-state index contributed by atoms with van der Waals surface area (Å²) in [7, 11) is 0. The fraction of sp³-hybridized carbons (Fsp3) is 0. The van der Waals surface area contributed by atoms with Crippen LogP contribution in [-0.4, -0.2) is 8.76 Å². The van der Waals surface area contributed by atoms with Crippen LogP contribution in [-0.2, 0) is 11.1 Å². The Labute approximate surface area is 43.9 Å². The first kappa shape index (κ1) is 6.20. The minimum Gasteiger partial charge on any atom is -0.302 e. The number of rotatable bonds is 1. The molecule has 0 aromatic heterocycles. The van der Waals surface area contributed by atoms with Crippen LogP contribution in [0.25, 0.3) is 0 Å². The molecule has 2 nitrogen and oxygen atoms in total. The highest BCUT2D eigenvalue weighted by Crippen LogP contribution is 1.96. The molecule has 4 heteroatoms. The van der Waals surface area contributed by atoms with Gasteiger partial charge in [0, 0.05) is 0 Å². The molecule has 1 unspecified atom stereocenters. The van der Waals surface area contributed by atoms with Crippen LogP contribution in [0.4, 0.5) is 0 Å². The SMILES string of the molecule is C=C(S)S(=O)O. The summed E-state index contributed by atoms with van der Waals surface area (Å²) in [6, 6.07) is 0. The third-order valence-corrected chi connectivity index (χ3v) is 1.07. The fourth-order valence-electron chi connectivity index (χ4n) is 0. The van der Waals surface area contributed by atoms with Crippen molar-refractivity contribution < 1.29 is 8.76 Å². The Morgan fingerprint density at radius 3 is 2.17 bits per heavy atom. The van der Waals surface area contributed by atoms with Crippen LogP contribution in [0.1, 0.15) is 0 Å². The van der Waals surface area contributed by atoms with Crippen LogP contribution >= 0.6 is 12.6 Å². The molecule has 0 bridgehead atoms. The summed E-state index contributed by atoms with van der Waals surface area (Å²) in [5.74, 6) is 0. The molecule has 1 N–H and O–H groups in total. The van der Waals surface area contributed by atoms with Gasteiger partial charge in [0.25, 0.3) is 0 Å². The summed E-state index contributed by atoms with van der Waals surface area (Å²) >= 11 is 1.50. The molecular formula is C2H4O2S2. The van der Waals surface area contributed by atoms with Crippen molar-refractivity contribution in [2.45, 2.75) is 0 Å². The minimum atomic E-state index is -1.95. The molecule has 36 valence electrons. The van der Waals surface area contributed by atoms with Gasteiger partial charge in [-0.2, -0.15) is 0 Å². The van der Waals surface area contributed by atoms with Crippen LogP contribution in [0.3, 0.4) is 0 Å². The Kier molecular flexibility index (Phi) is 2.47. The Hall–Kier alpha value is 0.200. The van der Waals surface area contributed by atoms with Crippen molar-refractivity contribution in [2.24, 2.45) is 0 Å². The predicted molar refractivity (Wildman–Crippen MR) is 28.9 cm³/mol. The van der Waals surface area contributed by atoms with Crippen molar-refractivity contribution in [3.05, 3.63) is 10.8 Å². The van der Waals surface area contributed by atoms with E-state index in [-0.39, 0.29) is 4.24 Å². The standard InChI is InChI=1S/C2H4O2S2/c1-2(5)6(3)4/h5H,1H2,(H,3,4). The van der Waals surface area contributed by atoms with E-state index in [4.69, 9.17) is 4.55 Å². The summed E-state index contributed by atoms with van der Waals surface area (Å²) in [6.07, 6.45) is 0. The van der Waals surface area contributed by atoms with E-state index in [9.17, 15) is 4.21 Å². The van der Waals surface area contributed by atoms with E-state index in [0.29, 0.717) is 0 Å². The third-order valence-electron chi connectivity index (χ3n) is 0.202. The van der Waals surface area contributed by atoms with E-state index < -0.39 is 11.1 Å². The summed E-state index contributed by atoms with van der Waals surface area (Å²) in [5.41, 5.74) is 0. The van der Waals surface area contributed by atoms with Gasteiger partial charge in [0.05, 0.1) is 4.24 Å². The highest BCUT2D eigenvalue weighted by molar-refractivity contribution is 8.04. The molecule has 0 aromatic rings. The smallest absolute Gasteiger partial charge is 0.192 e. The molecule has 0 radical (unpaired) electrons. The van der Waals surface area contributed by atoms with Gasteiger partial charge < -0.3 is 4.55 Å². The second-order valence-electron chi connectivity index (χ2n) is 0.643. The fourth-order valence-corrected chi connectivity index (χ4v) is 0. The van der Waals surface area contributed by atoms with Crippen LogP contribution in [0.15, 0.2) is 10.8 Å². The monoisotopic (exact) mass is 124 g/mol. The van der Waals surface area contributed by atoms with E-state index in [1.54, 1.807) is 0 Å². The number of thiol groups is 1. The average Bonchev–Trinajstić information content (AvgIpc) is 1.36. The van der Waals surface area contributed by atoms with Crippen LogP contribution < -0.4 is 0 Å². The van der Waals surface area contributed by atoms with Crippen LogP contribution in [0.5, 0.6) is 0 Å². The lowest BCUT2D eigenvalue weighted by Crippen LogP contribution is -1.79. The van der Waals surface area contributed by atoms with Gasteiger partial charge in [-0.15, -0.1) is 12.6 Å². The van der Waals surface area contributed by atoms with Gasteiger partial charge in [-0.25, -0.2) is 4.21 Å². The van der Waals surface area contributed by atoms with Gasteiger partial charge >= 0.3 is 0 Å². The van der Waals surface area contributed by atoms with Crippen LogP contribution in [0, 0.1) is 0 Å². The zero-order valence-electron chi connectivity index (χ0n) is 2.92. The first-order valence-corrected chi connectivity index (χ1v) is 2.68. The molecule has 6 heavy (non-hydrogen) atoms. The van der Waals surface area contributed by atoms with Gasteiger partial charge in [-0.1, -0.05) is 6.58 Å². The van der Waals surface area contributed by atoms with Gasteiger partial charge in [0.2, 0.25) is 0 Å². The van der Waals surface area contributed by atoms with Gasteiger partial charge in [-0.05, 0) is 0 Å². The normalized spacial score (nSPS) is 13.7. The zero-order chi connectivity index (χ0) is 5.15. The largest absolute Gasteiger partial charge is 0.302 e. The molecular weight excluding hydrogens is 120 g/mol. The second kappa shape index (κ2) is 2.39. The Balaban J connectivity index is 3.57. The molecule has 0 spiro atoms. The molecule has 0 aliphatic carbocycles. The molecule has 0 aromatic carbocycles. The quantitative estimate of drug-likeness (QED) is 0.397. The molecule has 0 fully saturated rings. The van der Waals surface area contributed by atoms with Crippen LogP contribution in [0.2, 0.25) is 0 Å². The lowest BCUT2D eigenvalue weighted by molar-refractivity contribution is 0.573. The van der Waals surface area contributed by atoms with E-state index in [0.717, 1.165) is 0 Å². The maximum Gasteiger partial charge on any atom is 0.192 e. The molecule has 0 aliphatic heterocycles. The van der Waals surface area contributed by atoms with Crippen molar-refractivity contribution in [3.8, 4) is 0 Å². The predicted octanol–water partition coefficient (Wildman–Crippen LogP) is 0.609. The summed E-state index contributed by atoms with van der Waals surface area (Å²) in [4.78, 5) is 0. The molecule has 0 saturated carbocycles. The molecule has 0 rings (SSSR count). The van der Waals surface area contributed by atoms with Crippen molar-refractivity contribution in [1.82, 2.24) is 0 Å². The number of hydrogen-bond acceptors (Lipinski definition) is 2. The van der Waals surface area contributed by atoms with E-state index in [2.05, 4.69) is 19.2 Å². The second-order valence-corrected chi connectivity index (χ2v) is 2.48. The average molecular weight is 124 g/mol. The highest BCUT2D eigenvalue weighted by Gasteiger charge is 1.87. The van der Waals surface area contributed by atoms with E-state index in [1.807, 2.05) is 0 Å². The van der Waals surface area contributed by atoms with Gasteiger partial charge in [0.15, 0.2) is 11.1 Å². The van der Waals surface area contributed by atoms with Gasteiger partial charge in [-0.3, -0.25) is 0 Å². The van der Waals surface area contributed by atoms with E-state index in [1.165, 1.54) is 0 Å². The summed E-state index contributed by atoms with van der Waals surface area (Å²) < 4.78 is 17.5. The highest BCUT2D eigenvalue weighted by atomic mass is 32.2. The third kappa shape index (κ3) is 2.44. The number of hydrogen-bond donors (Lipinski definition) is 2. The maximum atomic E-state index is 9.63. The summed E-state index contributed by atoms with van der Waals surface area (Å²) in [5, 5.41) is 0. The molecule has 0 aliphatic rings. The zero-order valence-corrected chi connectivity index (χ0v) is 4.63. The van der Waals surface area contributed by atoms with Crippen molar-refractivity contribution in [1.29, 1.82) is 0 Å². The Morgan fingerprint density at radius 2 is 2.17 bits per heavy atom. The van der Waals surface area contributed by atoms with Crippen molar-refractivity contribution in [3.63, 3.8) is 0 Å². The first-order chi connectivity index (χ1) is 2.64. The minimum absolute atomic E-state index is 0.0185. The molecule has 0 saturated heterocycles. The van der Waals surface area contributed by atoms with Gasteiger partial charge in [0.1, 0.15) is 0 Å². The summed E-state index contributed by atoms with van der Waals surface area (Å²) in [6.45, 7) is 3.07. The molecule has 1 atom stereocenters. The lowest BCUT2D eigenvalue weighted by atomic mass is 11.3. The van der Waals surface area contributed by atoms with Crippen molar-refractivity contribution in [2.75, 3.05) is 0 Å². The Bertz CT molecular complexity index is 75.5. The van der Waals surface area contributed by atoms with E-state index >= 15 is 0 Å². The Morgan fingerprint density at radius 1 is 2.00 bits per heavy atom. The first-order valence-electron chi connectivity index (χ1n) is 1.13. The lowest BCUT2D eigenvalue weighted by Gasteiger charge is -1.80. The molecule has 0 amide bonds. The maximum absolute atomic E-state index is 9.63. The van der Waals surface area contributed by atoms with Crippen molar-refractivity contribution >= 4 is 23.7 Å². The topological polar surface area (TPSA) is 37.3 Å².